The Morgan fingerprint density at radius 2 is 1.93 bits per heavy atom. The summed E-state index contributed by atoms with van der Waals surface area (Å²) in [4.78, 5) is -0.251. The number of sulfonamides is 1. The fourth-order valence-corrected chi connectivity index (χ4v) is 3.59. The largest absolute Gasteiger partial charge is 0.392 e. The summed E-state index contributed by atoms with van der Waals surface area (Å²) in [6.07, 6.45) is -2.80. The van der Waals surface area contributed by atoms with Crippen LogP contribution in [-0.2, 0) is 16.6 Å². The molecule has 6 nitrogen and oxygen atoms in total. The van der Waals surface area contributed by atoms with Gasteiger partial charge in [0.25, 0.3) is 6.43 Å². The molecule has 0 unspecified atom stereocenters. The predicted molar refractivity (Wildman–Crippen MR) is 96.3 cm³/mol. The minimum absolute atomic E-state index is 0.0288. The molecule has 27 heavy (non-hydrogen) atoms. The maximum atomic E-state index is 13.2. The average Bonchev–Trinajstić information content (AvgIpc) is 3.06. The fourth-order valence-electron chi connectivity index (χ4n) is 2.66. The number of nitrogens with zero attached hydrogens (tertiary/aromatic N) is 2. The predicted octanol–water partition coefficient (Wildman–Crippen LogP) is 3.27. The van der Waals surface area contributed by atoms with Crippen molar-refractivity contribution in [1.29, 1.82) is 0 Å². The number of alkyl halides is 2. The van der Waals surface area contributed by atoms with Gasteiger partial charge in [-0.25, -0.2) is 27.0 Å². The van der Waals surface area contributed by atoms with Gasteiger partial charge in [0.1, 0.15) is 5.69 Å². The lowest BCUT2D eigenvalue weighted by atomic mass is 10.1. The highest BCUT2D eigenvalue weighted by molar-refractivity contribution is 7.89. The van der Waals surface area contributed by atoms with Crippen LogP contribution >= 0.6 is 11.6 Å². The van der Waals surface area contributed by atoms with Crippen molar-refractivity contribution in [1.82, 2.24) is 9.78 Å². The second kappa shape index (κ2) is 7.35. The highest BCUT2D eigenvalue weighted by Crippen LogP contribution is 2.30. The summed E-state index contributed by atoms with van der Waals surface area (Å²) in [5.41, 5.74) is 0.739. The van der Waals surface area contributed by atoms with E-state index in [4.69, 9.17) is 16.7 Å². The molecule has 142 valence electrons. The Hall–Kier alpha value is -2.33. The molecule has 0 aliphatic rings. The summed E-state index contributed by atoms with van der Waals surface area (Å²) in [6, 6.07) is 11.7. The normalized spacial score (nSPS) is 11.9. The van der Waals surface area contributed by atoms with E-state index in [1.807, 2.05) is 0 Å². The first-order valence-corrected chi connectivity index (χ1v) is 9.54. The topological polar surface area (TPSA) is 98.2 Å². The lowest BCUT2D eigenvalue weighted by molar-refractivity contribution is 0.145. The molecule has 3 rings (SSSR count). The summed E-state index contributed by atoms with van der Waals surface area (Å²) in [7, 11) is -4.05. The van der Waals surface area contributed by atoms with E-state index in [0.717, 1.165) is 0 Å². The van der Waals surface area contributed by atoms with Gasteiger partial charge in [0.15, 0.2) is 0 Å². The number of benzene rings is 2. The molecular formula is C17H14ClF2N3O3S. The third-order valence-electron chi connectivity index (χ3n) is 3.84. The van der Waals surface area contributed by atoms with Crippen LogP contribution in [0.15, 0.2) is 53.4 Å². The number of aliphatic hydroxyl groups is 1. The fraction of sp³-hybridized carbons (Fsp3) is 0.118. The number of rotatable bonds is 5. The van der Waals surface area contributed by atoms with E-state index >= 15 is 0 Å². The van der Waals surface area contributed by atoms with E-state index < -0.39 is 28.7 Å². The molecule has 0 radical (unpaired) electrons. The Labute approximate surface area is 158 Å². The van der Waals surface area contributed by atoms with Gasteiger partial charge in [-0.05, 0) is 42.0 Å². The van der Waals surface area contributed by atoms with E-state index in [1.54, 1.807) is 24.3 Å². The molecule has 0 fully saturated rings. The smallest absolute Gasteiger partial charge is 0.282 e. The van der Waals surface area contributed by atoms with Crippen LogP contribution in [-0.4, -0.2) is 23.3 Å². The van der Waals surface area contributed by atoms with Crippen LogP contribution in [0.1, 0.15) is 17.7 Å². The SMILES string of the molecule is NS(=O)(=O)c1ccc(-n2nc(C(F)F)cc2-c2cccc(Cl)c2)cc1CO. The number of aliphatic hydroxyl groups excluding tert-OH is 1. The summed E-state index contributed by atoms with van der Waals surface area (Å²) < 4.78 is 50.9. The molecule has 1 heterocycles. The van der Waals surface area contributed by atoms with Crippen LogP contribution in [0.4, 0.5) is 8.78 Å². The van der Waals surface area contributed by atoms with Crippen molar-refractivity contribution in [3.63, 3.8) is 0 Å². The van der Waals surface area contributed by atoms with Crippen molar-refractivity contribution in [3.05, 3.63) is 64.8 Å². The van der Waals surface area contributed by atoms with Gasteiger partial charge in [-0.1, -0.05) is 23.7 Å². The van der Waals surface area contributed by atoms with E-state index in [9.17, 15) is 22.3 Å². The number of aromatic nitrogens is 2. The molecule has 0 aliphatic carbocycles. The second-order valence-electron chi connectivity index (χ2n) is 5.67. The van der Waals surface area contributed by atoms with Gasteiger partial charge in [0.05, 0.1) is 22.9 Å². The molecule has 0 bridgehead atoms. The quantitative estimate of drug-likeness (QED) is 0.670. The Bertz CT molecular complexity index is 1100. The Morgan fingerprint density at radius 3 is 2.52 bits per heavy atom. The molecule has 0 amide bonds. The summed E-state index contributed by atoms with van der Waals surface area (Å²) >= 11 is 5.99. The second-order valence-corrected chi connectivity index (χ2v) is 7.64. The standard InChI is InChI=1S/C17H14ClF2N3O3S/c18-12-3-1-2-10(6-12)15-8-14(17(19)20)22-23(15)13-4-5-16(27(21,25)26)11(7-13)9-24/h1-8,17,24H,9H2,(H2,21,25,26). The van der Waals surface area contributed by atoms with Crippen LogP contribution in [0.2, 0.25) is 5.02 Å². The van der Waals surface area contributed by atoms with Crippen LogP contribution < -0.4 is 5.14 Å². The average molecular weight is 414 g/mol. The molecule has 3 aromatic rings. The lowest BCUT2D eigenvalue weighted by Crippen LogP contribution is -2.15. The molecular weight excluding hydrogens is 400 g/mol. The minimum atomic E-state index is -4.05. The van der Waals surface area contributed by atoms with Crippen molar-refractivity contribution in [2.75, 3.05) is 0 Å². The summed E-state index contributed by atoms with van der Waals surface area (Å²) in [5.74, 6) is 0. The highest BCUT2D eigenvalue weighted by Gasteiger charge is 2.20. The highest BCUT2D eigenvalue weighted by atomic mass is 35.5. The van der Waals surface area contributed by atoms with Gasteiger partial charge in [-0.15, -0.1) is 0 Å². The van der Waals surface area contributed by atoms with Crippen molar-refractivity contribution in [2.45, 2.75) is 17.9 Å². The lowest BCUT2D eigenvalue weighted by Gasteiger charge is -2.11. The minimum Gasteiger partial charge on any atom is -0.392 e. The van der Waals surface area contributed by atoms with E-state index in [2.05, 4.69) is 5.10 Å². The number of primary sulfonamides is 1. The third kappa shape index (κ3) is 4.01. The van der Waals surface area contributed by atoms with Crippen molar-refractivity contribution in [3.8, 4) is 16.9 Å². The van der Waals surface area contributed by atoms with Gasteiger partial charge in [0.2, 0.25) is 10.0 Å². The monoisotopic (exact) mass is 413 g/mol. The van der Waals surface area contributed by atoms with E-state index in [1.165, 1.54) is 28.9 Å². The van der Waals surface area contributed by atoms with Crippen LogP contribution in [0.3, 0.4) is 0 Å². The molecule has 0 spiro atoms. The molecule has 2 aromatic carbocycles. The molecule has 10 heteroatoms. The first-order chi connectivity index (χ1) is 12.7. The molecule has 0 saturated heterocycles. The van der Waals surface area contributed by atoms with Gasteiger partial charge in [-0.3, -0.25) is 0 Å². The van der Waals surface area contributed by atoms with Gasteiger partial charge in [-0.2, -0.15) is 5.10 Å². The first-order valence-electron chi connectivity index (χ1n) is 7.61. The van der Waals surface area contributed by atoms with E-state index in [-0.39, 0.29) is 16.1 Å². The number of nitrogens with two attached hydrogens (primary N) is 1. The van der Waals surface area contributed by atoms with Crippen LogP contribution in [0, 0.1) is 0 Å². The van der Waals surface area contributed by atoms with E-state index in [0.29, 0.717) is 16.3 Å². The number of halogens is 3. The van der Waals surface area contributed by atoms with Crippen molar-refractivity contribution < 1.29 is 22.3 Å². The Balaban J connectivity index is 2.22. The maximum absolute atomic E-state index is 13.2. The maximum Gasteiger partial charge on any atom is 0.282 e. The number of hydrogen-bond donors (Lipinski definition) is 2. The molecule has 1 aromatic heterocycles. The zero-order chi connectivity index (χ0) is 19.8. The van der Waals surface area contributed by atoms with Gasteiger partial charge in [0, 0.05) is 10.6 Å². The molecule has 0 aliphatic heterocycles. The molecule has 0 saturated carbocycles. The number of hydrogen-bond acceptors (Lipinski definition) is 4. The van der Waals surface area contributed by atoms with Crippen molar-refractivity contribution in [2.24, 2.45) is 5.14 Å². The summed E-state index contributed by atoms with van der Waals surface area (Å²) in [5, 5.41) is 18.9. The van der Waals surface area contributed by atoms with Crippen molar-refractivity contribution >= 4 is 21.6 Å². The van der Waals surface area contributed by atoms with Crippen LogP contribution in [0.25, 0.3) is 16.9 Å². The molecule has 0 atom stereocenters. The first kappa shape index (κ1) is 19.4. The zero-order valence-corrected chi connectivity index (χ0v) is 15.3. The molecule has 3 N–H and O–H groups in total. The van der Waals surface area contributed by atoms with Crippen LogP contribution in [0.5, 0.6) is 0 Å². The summed E-state index contributed by atoms with van der Waals surface area (Å²) in [6.45, 7) is -0.602. The Kier molecular flexibility index (Phi) is 5.29. The third-order valence-corrected chi connectivity index (χ3v) is 5.08. The van der Waals surface area contributed by atoms with Gasteiger partial charge < -0.3 is 5.11 Å². The Morgan fingerprint density at radius 1 is 1.19 bits per heavy atom. The van der Waals surface area contributed by atoms with Gasteiger partial charge >= 0.3 is 0 Å². The zero-order valence-electron chi connectivity index (χ0n) is 13.7.